The number of hydrogen-bond donors (Lipinski definition) is 2. The molecule has 0 aliphatic rings. The molecule has 0 saturated carbocycles. The van der Waals surface area contributed by atoms with Crippen LogP contribution in [0.1, 0.15) is 5.56 Å². The number of anilines is 1. The van der Waals surface area contributed by atoms with Crippen LogP contribution in [0, 0.1) is 3.57 Å². The maximum Gasteiger partial charge on any atom is 0.120 e. The number of aromatic hydroxyl groups is 1. The number of halogens is 2. The standard InChI is InChI=1S/C13H11BrINO/c14-10-5-6-13(17)9(7-10)8-16-12-4-2-1-3-11(12)15/h1-7,16-17H,8H2. The van der Waals surface area contributed by atoms with E-state index in [0.29, 0.717) is 12.3 Å². The third-order valence-electron chi connectivity index (χ3n) is 2.38. The third kappa shape index (κ3) is 3.35. The Balaban J connectivity index is 2.12. The summed E-state index contributed by atoms with van der Waals surface area (Å²) in [6.07, 6.45) is 0. The van der Waals surface area contributed by atoms with Gasteiger partial charge in [0.25, 0.3) is 0 Å². The van der Waals surface area contributed by atoms with E-state index >= 15 is 0 Å². The molecule has 88 valence electrons. The molecule has 0 unspecified atom stereocenters. The minimum Gasteiger partial charge on any atom is -0.508 e. The van der Waals surface area contributed by atoms with Gasteiger partial charge in [-0.05, 0) is 52.9 Å². The monoisotopic (exact) mass is 403 g/mol. The highest BCUT2D eigenvalue weighted by molar-refractivity contribution is 14.1. The fraction of sp³-hybridized carbons (Fsp3) is 0.0769. The second-order valence-corrected chi connectivity index (χ2v) is 5.68. The van der Waals surface area contributed by atoms with E-state index in [1.54, 1.807) is 6.07 Å². The molecule has 0 fully saturated rings. The van der Waals surface area contributed by atoms with Gasteiger partial charge in [0.1, 0.15) is 5.75 Å². The topological polar surface area (TPSA) is 32.3 Å². The van der Waals surface area contributed by atoms with E-state index in [0.717, 1.165) is 15.7 Å². The van der Waals surface area contributed by atoms with E-state index in [1.807, 2.05) is 36.4 Å². The van der Waals surface area contributed by atoms with Crippen molar-refractivity contribution in [2.24, 2.45) is 0 Å². The molecule has 17 heavy (non-hydrogen) atoms. The minimum atomic E-state index is 0.312. The summed E-state index contributed by atoms with van der Waals surface area (Å²) in [7, 11) is 0. The molecule has 4 heteroatoms. The lowest BCUT2D eigenvalue weighted by Crippen LogP contribution is -2.01. The van der Waals surface area contributed by atoms with Crippen molar-refractivity contribution in [1.82, 2.24) is 0 Å². The van der Waals surface area contributed by atoms with E-state index in [9.17, 15) is 5.11 Å². The first kappa shape index (κ1) is 12.7. The normalized spacial score (nSPS) is 10.2. The molecule has 0 heterocycles. The van der Waals surface area contributed by atoms with Crippen LogP contribution in [0.4, 0.5) is 5.69 Å². The number of rotatable bonds is 3. The molecule has 2 aromatic rings. The summed E-state index contributed by atoms with van der Waals surface area (Å²) in [5.74, 6) is 0.312. The van der Waals surface area contributed by atoms with Crippen molar-refractivity contribution in [2.75, 3.05) is 5.32 Å². The Kier molecular flexibility index (Phi) is 4.28. The molecule has 0 aliphatic carbocycles. The maximum atomic E-state index is 9.72. The minimum absolute atomic E-state index is 0.312. The Bertz CT molecular complexity index is 531. The fourth-order valence-corrected chi connectivity index (χ4v) is 2.48. The van der Waals surface area contributed by atoms with E-state index in [-0.39, 0.29) is 0 Å². The van der Waals surface area contributed by atoms with Crippen LogP contribution < -0.4 is 5.32 Å². The first-order valence-corrected chi connectivity index (χ1v) is 7.00. The molecule has 0 aromatic heterocycles. The number of phenols is 1. The summed E-state index contributed by atoms with van der Waals surface area (Å²) >= 11 is 5.68. The van der Waals surface area contributed by atoms with Crippen molar-refractivity contribution in [2.45, 2.75) is 6.54 Å². The summed E-state index contributed by atoms with van der Waals surface area (Å²) in [6, 6.07) is 13.5. The first-order chi connectivity index (χ1) is 8.16. The zero-order valence-electron chi connectivity index (χ0n) is 8.95. The predicted molar refractivity (Wildman–Crippen MR) is 82.3 cm³/mol. The zero-order chi connectivity index (χ0) is 12.3. The lowest BCUT2D eigenvalue weighted by atomic mass is 10.2. The number of para-hydroxylation sites is 1. The Hall–Kier alpha value is -0.750. The SMILES string of the molecule is Oc1ccc(Br)cc1CNc1ccccc1I. The largest absolute Gasteiger partial charge is 0.508 e. The predicted octanol–water partition coefficient (Wildman–Crippen LogP) is 4.37. The Morgan fingerprint density at radius 2 is 1.94 bits per heavy atom. The van der Waals surface area contributed by atoms with Crippen LogP contribution in [0.5, 0.6) is 5.75 Å². The van der Waals surface area contributed by atoms with Crippen molar-refractivity contribution in [3.63, 3.8) is 0 Å². The van der Waals surface area contributed by atoms with Gasteiger partial charge in [-0.2, -0.15) is 0 Å². The van der Waals surface area contributed by atoms with E-state index in [2.05, 4.69) is 43.8 Å². The number of nitrogens with one attached hydrogen (secondary N) is 1. The number of hydrogen-bond acceptors (Lipinski definition) is 2. The molecule has 0 bridgehead atoms. The Morgan fingerprint density at radius 3 is 2.71 bits per heavy atom. The molecule has 0 spiro atoms. The van der Waals surface area contributed by atoms with E-state index in [4.69, 9.17) is 0 Å². The summed E-state index contributed by atoms with van der Waals surface area (Å²) in [4.78, 5) is 0. The van der Waals surface area contributed by atoms with Crippen LogP contribution in [0.15, 0.2) is 46.9 Å². The second kappa shape index (κ2) is 5.73. The van der Waals surface area contributed by atoms with E-state index in [1.165, 1.54) is 3.57 Å². The molecule has 2 rings (SSSR count). The molecule has 2 N–H and O–H groups in total. The van der Waals surface area contributed by atoms with Gasteiger partial charge in [-0.15, -0.1) is 0 Å². The Labute approximate surface area is 122 Å². The lowest BCUT2D eigenvalue weighted by molar-refractivity contribution is 0.469. The van der Waals surface area contributed by atoms with Crippen molar-refractivity contribution >= 4 is 44.2 Å². The number of benzene rings is 2. The highest BCUT2D eigenvalue weighted by Crippen LogP contribution is 2.24. The molecular weight excluding hydrogens is 393 g/mol. The lowest BCUT2D eigenvalue weighted by Gasteiger charge is -2.10. The van der Waals surface area contributed by atoms with Gasteiger partial charge in [0.05, 0.1) is 0 Å². The van der Waals surface area contributed by atoms with Crippen LogP contribution in [0.3, 0.4) is 0 Å². The van der Waals surface area contributed by atoms with Crippen LogP contribution in [-0.2, 0) is 6.54 Å². The molecule has 0 atom stereocenters. The summed E-state index contributed by atoms with van der Waals surface area (Å²) in [5, 5.41) is 13.0. The highest BCUT2D eigenvalue weighted by Gasteiger charge is 2.03. The van der Waals surface area contributed by atoms with Gasteiger partial charge in [0.15, 0.2) is 0 Å². The summed E-state index contributed by atoms with van der Waals surface area (Å²) in [5.41, 5.74) is 1.95. The molecular formula is C13H11BrINO. The van der Waals surface area contributed by atoms with Gasteiger partial charge in [-0.3, -0.25) is 0 Å². The smallest absolute Gasteiger partial charge is 0.120 e. The van der Waals surface area contributed by atoms with Gasteiger partial charge in [-0.25, -0.2) is 0 Å². The van der Waals surface area contributed by atoms with Crippen LogP contribution in [-0.4, -0.2) is 5.11 Å². The highest BCUT2D eigenvalue weighted by atomic mass is 127. The van der Waals surface area contributed by atoms with Gasteiger partial charge >= 0.3 is 0 Å². The molecule has 0 amide bonds. The van der Waals surface area contributed by atoms with Crippen LogP contribution >= 0.6 is 38.5 Å². The van der Waals surface area contributed by atoms with Crippen molar-refractivity contribution in [3.8, 4) is 5.75 Å². The van der Waals surface area contributed by atoms with Crippen molar-refractivity contribution in [1.29, 1.82) is 0 Å². The van der Waals surface area contributed by atoms with Gasteiger partial charge in [0, 0.05) is 25.8 Å². The third-order valence-corrected chi connectivity index (χ3v) is 3.82. The molecule has 2 nitrogen and oxygen atoms in total. The van der Waals surface area contributed by atoms with Crippen molar-refractivity contribution < 1.29 is 5.11 Å². The molecule has 0 saturated heterocycles. The first-order valence-electron chi connectivity index (χ1n) is 5.12. The number of phenolic OH excluding ortho intramolecular Hbond substituents is 1. The van der Waals surface area contributed by atoms with Crippen LogP contribution in [0.2, 0.25) is 0 Å². The summed E-state index contributed by atoms with van der Waals surface area (Å²) < 4.78 is 2.13. The van der Waals surface area contributed by atoms with Crippen LogP contribution in [0.25, 0.3) is 0 Å². The molecule has 0 radical (unpaired) electrons. The van der Waals surface area contributed by atoms with Gasteiger partial charge in [0.2, 0.25) is 0 Å². The van der Waals surface area contributed by atoms with Gasteiger partial charge in [-0.1, -0.05) is 28.1 Å². The zero-order valence-corrected chi connectivity index (χ0v) is 12.7. The fourth-order valence-electron chi connectivity index (χ4n) is 1.49. The quantitative estimate of drug-likeness (QED) is 0.745. The average Bonchev–Trinajstić information content (AvgIpc) is 2.32. The van der Waals surface area contributed by atoms with E-state index < -0.39 is 0 Å². The van der Waals surface area contributed by atoms with Crippen molar-refractivity contribution in [3.05, 3.63) is 56.1 Å². The maximum absolute atomic E-state index is 9.72. The van der Waals surface area contributed by atoms with Gasteiger partial charge < -0.3 is 10.4 Å². The molecule has 0 aliphatic heterocycles. The average molecular weight is 404 g/mol. The second-order valence-electron chi connectivity index (χ2n) is 3.61. The Morgan fingerprint density at radius 1 is 1.18 bits per heavy atom. The summed E-state index contributed by atoms with van der Waals surface area (Å²) in [6.45, 7) is 0.602. The molecule has 2 aromatic carbocycles.